The van der Waals surface area contributed by atoms with Crippen LogP contribution in [0.2, 0.25) is 5.02 Å². The van der Waals surface area contributed by atoms with Crippen molar-refractivity contribution in [1.29, 1.82) is 5.26 Å². The third kappa shape index (κ3) is 4.64. The molecular formula is C13H17ClN2O. The second kappa shape index (κ2) is 7.16. The number of nitrogens with zero attached hydrogens (tertiary/aromatic N) is 2. The Hall–Kier alpha value is -1.24. The van der Waals surface area contributed by atoms with Gasteiger partial charge in [-0.2, -0.15) is 5.26 Å². The molecule has 0 fully saturated rings. The van der Waals surface area contributed by atoms with Gasteiger partial charge in [-0.15, -0.1) is 0 Å². The van der Waals surface area contributed by atoms with Crippen LogP contribution in [-0.4, -0.2) is 32.1 Å². The summed E-state index contributed by atoms with van der Waals surface area (Å²) in [5.74, 6) is 0.702. The molecule has 0 amide bonds. The Bertz CT molecular complexity index is 401. The van der Waals surface area contributed by atoms with Crippen LogP contribution in [0.5, 0.6) is 5.75 Å². The van der Waals surface area contributed by atoms with Crippen molar-refractivity contribution in [3.05, 3.63) is 28.8 Å². The van der Waals surface area contributed by atoms with E-state index >= 15 is 0 Å². The fourth-order valence-corrected chi connectivity index (χ4v) is 1.82. The van der Waals surface area contributed by atoms with Gasteiger partial charge >= 0.3 is 0 Å². The van der Waals surface area contributed by atoms with Gasteiger partial charge in [0.1, 0.15) is 5.75 Å². The number of nitriles is 1. The SMILES string of the molecule is COc1ccc(CCN(C)CCC#N)cc1Cl. The monoisotopic (exact) mass is 252 g/mol. The van der Waals surface area contributed by atoms with Crippen molar-refractivity contribution in [1.82, 2.24) is 4.90 Å². The number of benzene rings is 1. The van der Waals surface area contributed by atoms with Crippen molar-refractivity contribution in [2.75, 3.05) is 27.2 Å². The summed E-state index contributed by atoms with van der Waals surface area (Å²) in [6.07, 6.45) is 1.49. The highest BCUT2D eigenvalue weighted by molar-refractivity contribution is 6.32. The molecule has 0 saturated heterocycles. The smallest absolute Gasteiger partial charge is 0.137 e. The molecule has 17 heavy (non-hydrogen) atoms. The van der Waals surface area contributed by atoms with Crippen molar-refractivity contribution in [3.8, 4) is 11.8 Å². The van der Waals surface area contributed by atoms with Crippen LogP contribution in [0, 0.1) is 11.3 Å². The quantitative estimate of drug-likeness (QED) is 0.781. The summed E-state index contributed by atoms with van der Waals surface area (Å²) in [5.41, 5.74) is 1.18. The molecule has 4 heteroatoms. The van der Waals surface area contributed by atoms with Crippen molar-refractivity contribution in [2.45, 2.75) is 12.8 Å². The summed E-state index contributed by atoms with van der Waals surface area (Å²) in [6.45, 7) is 1.73. The second-order valence-electron chi connectivity index (χ2n) is 3.93. The topological polar surface area (TPSA) is 36.3 Å². The van der Waals surface area contributed by atoms with Gasteiger partial charge in [-0.25, -0.2) is 0 Å². The molecule has 1 aromatic rings. The van der Waals surface area contributed by atoms with Crippen LogP contribution >= 0.6 is 11.6 Å². The molecule has 1 aromatic carbocycles. The van der Waals surface area contributed by atoms with Crippen molar-refractivity contribution in [2.24, 2.45) is 0 Å². The number of likely N-dealkylation sites (N-methyl/N-ethyl adjacent to an activating group) is 1. The summed E-state index contributed by atoms with van der Waals surface area (Å²) in [7, 11) is 3.62. The van der Waals surface area contributed by atoms with Crippen molar-refractivity contribution in [3.63, 3.8) is 0 Å². The maximum atomic E-state index is 8.49. The Labute approximate surface area is 108 Å². The number of ether oxygens (including phenoxy) is 1. The molecule has 0 unspecified atom stereocenters. The van der Waals surface area contributed by atoms with Crippen LogP contribution < -0.4 is 4.74 Å². The highest BCUT2D eigenvalue weighted by Crippen LogP contribution is 2.25. The van der Waals surface area contributed by atoms with Crippen LogP contribution in [0.4, 0.5) is 0 Å². The average Bonchev–Trinajstić information content (AvgIpc) is 2.34. The molecule has 0 atom stereocenters. The Balaban J connectivity index is 2.47. The van der Waals surface area contributed by atoms with Crippen LogP contribution in [0.1, 0.15) is 12.0 Å². The average molecular weight is 253 g/mol. The molecule has 3 nitrogen and oxygen atoms in total. The summed E-state index contributed by atoms with van der Waals surface area (Å²) < 4.78 is 5.10. The van der Waals surface area contributed by atoms with E-state index in [1.807, 2.05) is 25.2 Å². The van der Waals surface area contributed by atoms with E-state index in [1.54, 1.807) is 7.11 Å². The fourth-order valence-electron chi connectivity index (χ4n) is 1.54. The first-order chi connectivity index (χ1) is 8.17. The lowest BCUT2D eigenvalue weighted by Gasteiger charge is -2.14. The molecule has 0 aliphatic heterocycles. The standard InChI is InChI=1S/C13H17ClN2O/c1-16(8-3-7-15)9-6-11-4-5-13(17-2)12(14)10-11/h4-5,10H,3,6,8-9H2,1-2H3. The maximum Gasteiger partial charge on any atom is 0.137 e. The van der Waals surface area contributed by atoms with E-state index in [0.717, 1.165) is 19.5 Å². The molecule has 1 rings (SSSR count). The Kier molecular flexibility index (Phi) is 5.82. The first kappa shape index (κ1) is 13.8. The molecule has 0 saturated carbocycles. The maximum absolute atomic E-state index is 8.49. The van der Waals surface area contributed by atoms with Crippen molar-refractivity contribution >= 4 is 11.6 Å². The van der Waals surface area contributed by atoms with Gasteiger partial charge in [0.25, 0.3) is 0 Å². The van der Waals surface area contributed by atoms with E-state index < -0.39 is 0 Å². The first-order valence-corrected chi connectivity index (χ1v) is 5.93. The lowest BCUT2D eigenvalue weighted by molar-refractivity contribution is 0.346. The molecule has 92 valence electrons. The molecule has 0 aliphatic rings. The Morgan fingerprint density at radius 1 is 1.41 bits per heavy atom. The van der Waals surface area contributed by atoms with E-state index in [-0.39, 0.29) is 0 Å². The van der Waals surface area contributed by atoms with Gasteiger partial charge in [0.15, 0.2) is 0 Å². The zero-order chi connectivity index (χ0) is 12.7. The zero-order valence-electron chi connectivity index (χ0n) is 10.2. The molecule has 0 N–H and O–H groups in total. The second-order valence-corrected chi connectivity index (χ2v) is 4.34. The molecular weight excluding hydrogens is 236 g/mol. The number of methoxy groups -OCH3 is 1. The number of halogens is 1. The van der Waals surface area contributed by atoms with Gasteiger partial charge in [-0.3, -0.25) is 0 Å². The number of hydrogen-bond acceptors (Lipinski definition) is 3. The van der Waals surface area contributed by atoms with E-state index in [0.29, 0.717) is 17.2 Å². The molecule has 0 aliphatic carbocycles. The molecule has 0 bridgehead atoms. The third-order valence-electron chi connectivity index (χ3n) is 2.60. The Morgan fingerprint density at radius 2 is 2.18 bits per heavy atom. The minimum Gasteiger partial charge on any atom is -0.495 e. The van der Waals surface area contributed by atoms with Gasteiger partial charge in [-0.05, 0) is 31.2 Å². The molecule has 0 radical (unpaired) electrons. The normalized spacial score (nSPS) is 10.3. The van der Waals surface area contributed by atoms with Crippen molar-refractivity contribution < 1.29 is 4.74 Å². The van der Waals surface area contributed by atoms with E-state index in [9.17, 15) is 0 Å². The highest BCUT2D eigenvalue weighted by atomic mass is 35.5. The predicted octanol–water partition coefficient (Wildman–Crippen LogP) is 2.74. The number of hydrogen-bond donors (Lipinski definition) is 0. The summed E-state index contributed by atoms with van der Waals surface area (Å²) in [6, 6.07) is 7.97. The van der Waals surface area contributed by atoms with Gasteiger partial charge in [0.05, 0.1) is 18.2 Å². The highest BCUT2D eigenvalue weighted by Gasteiger charge is 2.03. The minimum absolute atomic E-state index is 0.569. The van der Waals surface area contributed by atoms with Gasteiger partial charge in [0.2, 0.25) is 0 Å². The fraction of sp³-hybridized carbons (Fsp3) is 0.462. The van der Waals surface area contributed by atoms with Crippen LogP contribution in [-0.2, 0) is 6.42 Å². The van der Waals surface area contributed by atoms with E-state index in [1.165, 1.54) is 5.56 Å². The van der Waals surface area contributed by atoms with Gasteiger partial charge in [0, 0.05) is 19.5 Å². The van der Waals surface area contributed by atoms with Crippen LogP contribution in [0.15, 0.2) is 18.2 Å². The van der Waals surface area contributed by atoms with Crippen LogP contribution in [0.25, 0.3) is 0 Å². The predicted molar refractivity (Wildman–Crippen MR) is 69.4 cm³/mol. The van der Waals surface area contributed by atoms with Crippen LogP contribution in [0.3, 0.4) is 0 Å². The van der Waals surface area contributed by atoms with E-state index in [2.05, 4.69) is 11.0 Å². The summed E-state index contributed by atoms with van der Waals surface area (Å²) in [5, 5.41) is 9.13. The lowest BCUT2D eigenvalue weighted by atomic mass is 10.1. The van der Waals surface area contributed by atoms with Gasteiger partial charge in [-0.1, -0.05) is 17.7 Å². The molecule has 0 aromatic heterocycles. The van der Waals surface area contributed by atoms with E-state index in [4.69, 9.17) is 21.6 Å². The summed E-state index contributed by atoms with van der Waals surface area (Å²) in [4.78, 5) is 2.14. The molecule has 0 spiro atoms. The minimum atomic E-state index is 0.569. The summed E-state index contributed by atoms with van der Waals surface area (Å²) >= 11 is 6.05. The number of rotatable bonds is 6. The third-order valence-corrected chi connectivity index (χ3v) is 2.90. The zero-order valence-corrected chi connectivity index (χ0v) is 11.0. The molecule has 0 heterocycles. The Morgan fingerprint density at radius 3 is 2.76 bits per heavy atom. The lowest BCUT2D eigenvalue weighted by Crippen LogP contribution is -2.22. The van der Waals surface area contributed by atoms with Gasteiger partial charge < -0.3 is 9.64 Å². The first-order valence-electron chi connectivity index (χ1n) is 5.55. The largest absolute Gasteiger partial charge is 0.495 e.